The van der Waals surface area contributed by atoms with Crippen molar-refractivity contribution in [1.82, 2.24) is 10.6 Å². The van der Waals surface area contributed by atoms with Crippen molar-refractivity contribution in [3.8, 4) is 0 Å². The molecule has 0 amide bonds. The molecule has 0 aromatic heterocycles. The third-order valence-corrected chi connectivity index (χ3v) is 7.01. The molecule has 4 atom stereocenters. The molecule has 1 aromatic rings. The van der Waals surface area contributed by atoms with E-state index in [1.54, 1.807) is 0 Å². The van der Waals surface area contributed by atoms with Gasteiger partial charge in [-0.15, -0.1) is 24.0 Å². The summed E-state index contributed by atoms with van der Waals surface area (Å²) in [4.78, 5) is 4.40. The molecule has 1 fully saturated rings. The van der Waals surface area contributed by atoms with Crippen molar-refractivity contribution in [1.29, 1.82) is 0 Å². The van der Waals surface area contributed by atoms with Crippen molar-refractivity contribution in [2.45, 2.75) is 63.8 Å². The molecule has 1 saturated carbocycles. The molecule has 0 saturated heterocycles. The molecule has 7 heteroatoms. The molecule has 1 aromatic carbocycles. The fourth-order valence-electron chi connectivity index (χ4n) is 3.55. The number of halogens is 1. The van der Waals surface area contributed by atoms with Crippen LogP contribution >= 0.6 is 24.0 Å². The summed E-state index contributed by atoms with van der Waals surface area (Å²) in [7, 11) is 1.11. The molecule has 0 spiro atoms. The monoisotopic (exact) mass is 520 g/mol. The lowest BCUT2D eigenvalue weighted by Crippen LogP contribution is -2.49. The molecule has 0 radical (unpaired) electrons. The van der Waals surface area contributed by atoms with Crippen molar-refractivity contribution < 1.29 is 4.21 Å². The number of hydrogen-bond acceptors (Lipinski definition) is 3. The van der Waals surface area contributed by atoms with Crippen molar-refractivity contribution in [3.63, 3.8) is 0 Å². The maximum absolute atomic E-state index is 12.2. The fraction of sp³-hybridized carbons (Fsp3) is 0.667. The Bertz CT molecular complexity index is 612. The highest BCUT2D eigenvalue weighted by molar-refractivity contribution is 14.0. The number of benzene rings is 1. The van der Waals surface area contributed by atoms with E-state index in [1.807, 2.05) is 32.2 Å². The highest BCUT2D eigenvalue weighted by Gasteiger charge is 2.26. The van der Waals surface area contributed by atoms with Crippen LogP contribution in [0.5, 0.6) is 0 Å². The van der Waals surface area contributed by atoms with Crippen LogP contribution in [0.2, 0.25) is 0 Å². The van der Waals surface area contributed by atoms with Crippen LogP contribution in [0, 0.1) is 5.92 Å². The lowest BCUT2D eigenvalue weighted by atomic mass is 9.95. The minimum Gasteiger partial charge on any atom is -0.380 e. The topological polar surface area (TPSA) is 65.5 Å². The number of nitrogens with zero attached hydrogens (tertiary/aromatic N) is 1. The van der Waals surface area contributed by atoms with Crippen molar-refractivity contribution >= 4 is 46.4 Å². The van der Waals surface area contributed by atoms with E-state index in [2.05, 4.69) is 46.9 Å². The lowest BCUT2D eigenvalue weighted by Gasteiger charge is -2.31. The van der Waals surface area contributed by atoms with E-state index in [4.69, 9.17) is 0 Å². The van der Waals surface area contributed by atoms with E-state index in [1.165, 1.54) is 0 Å². The first kappa shape index (κ1) is 25.2. The molecule has 0 bridgehead atoms. The van der Waals surface area contributed by atoms with Crippen LogP contribution in [0.3, 0.4) is 0 Å². The van der Waals surface area contributed by atoms with Gasteiger partial charge in [0, 0.05) is 53.2 Å². The molecule has 160 valence electrons. The molecule has 4 unspecified atom stereocenters. The van der Waals surface area contributed by atoms with Gasteiger partial charge >= 0.3 is 0 Å². The Morgan fingerprint density at radius 1 is 1.25 bits per heavy atom. The molecule has 1 aliphatic carbocycles. The Morgan fingerprint density at radius 2 is 1.96 bits per heavy atom. The maximum Gasteiger partial charge on any atom is 0.191 e. The Hall–Kier alpha value is -0.830. The average molecular weight is 521 g/mol. The Kier molecular flexibility index (Phi) is 12.1. The van der Waals surface area contributed by atoms with E-state index in [9.17, 15) is 4.21 Å². The molecule has 3 N–H and O–H groups in total. The average Bonchev–Trinajstić information content (AvgIpc) is 2.70. The largest absolute Gasteiger partial charge is 0.380 e. The van der Waals surface area contributed by atoms with E-state index in [-0.39, 0.29) is 24.0 Å². The molecule has 2 rings (SSSR count). The zero-order valence-electron chi connectivity index (χ0n) is 17.6. The summed E-state index contributed by atoms with van der Waals surface area (Å²) in [5, 5.41) is 11.0. The Morgan fingerprint density at radius 3 is 2.57 bits per heavy atom. The van der Waals surface area contributed by atoms with Gasteiger partial charge in [0.2, 0.25) is 0 Å². The Labute approximate surface area is 190 Å². The number of guanidine groups is 1. The van der Waals surface area contributed by atoms with Crippen LogP contribution in [-0.2, 0) is 10.8 Å². The van der Waals surface area contributed by atoms with Gasteiger partial charge in [-0.05, 0) is 37.3 Å². The Balaban J connectivity index is 0.00000392. The van der Waals surface area contributed by atoms with Crippen molar-refractivity contribution in [2.24, 2.45) is 10.9 Å². The zero-order valence-corrected chi connectivity index (χ0v) is 20.8. The minimum atomic E-state index is -0.701. The number of para-hydroxylation sites is 1. The third-order valence-electron chi connectivity index (χ3n) is 5.27. The van der Waals surface area contributed by atoms with Gasteiger partial charge in [-0.2, -0.15) is 0 Å². The summed E-state index contributed by atoms with van der Waals surface area (Å²) >= 11 is 0. The second-order valence-corrected chi connectivity index (χ2v) is 9.62. The lowest BCUT2D eigenvalue weighted by molar-refractivity contribution is 0.412. The van der Waals surface area contributed by atoms with Gasteiger partial charge in [0.05, 0.1) is 0 Å². The second-order valence-electron chi connectivity index (χ2n) is 7.61. The molecule has 5 nitrogen and oxygen atoms in total. The molecular weight excluding hydrogens is 483 g/mol. The maximum atomic E-state index is 12.2. The van der Waals surface area contributed by atoms with Crippen LogP contribution < -0.4 is 16.0 Å². The fourth-order valence-corrected chi connectivity index (χ4v) is 4.89. The van der Waals surface area contributed by atoms with Gasteiger partial charge in [0.1, 0.15) is 0 Å². The number of aliphatic imine (C=N–C) groups is 1. The van der Waals surface area contributed by atoms with E-state index >= 15 is 0 Å². The highest BCUT2D eigenvalue weighted by Crippen LogP contribution is 2.23. The van der Waals surface area contributed by atoms with Crippen LogP contribution in [-0.4, -0.2) is 46.8 Å². The van der Waals surface area contributed by atoms with E-state index in [0.717, 1.165) is 49.6 Å². The van der Waals surface area contributed by atoms with E-state index < -0.39 is 10.8 Å². The highest BCUT2D eigenvalue weighted by atomic mass is 127. The first-order valence-corrected chi connectivity index (χ1v) is 11.6. The van der Waals surface area contributed by atoms with Gasteiger partial charge < -0.3 is 16.0 Å². The summed E-state index contributed by atoms with van der Waals surface area (Å²) in [6, 6.07) is 11.0. The number of hydrogen-bond donors (Lipinski definition) is 3. The molecule has 0 heterocycles. The minimum absolute atomic E-state index is 0. The van der Waals surface area contributed by atoms with E-state index in [0.29, 0.717) is 23.3 Å². The zero-order chi connectivity index (χ0) is 19.6. The quantitative estimate of drug-likeness (QED) is 0.276. The molecule has 0 aliphatic heterocycles. The normalized spacial score (nSPS) is 22.1. The predicted octanol–water partition coefficient (Wildman–Crippen LogP) is 3.99. The van der Waals surface area contributed by atoms with Crippen LogP contribution in [0.15, 0.2) is 35.3 Å². The van der Waals surface area contributed by atoms with Gasteiger partial charge in [-0.25, -0.2) is 0 Å². The number of nitrogens with one attached hydrogen (secondary N) is 3. The first-order valence-electron chi connectivity index (χ1n) is 10.2. The summed E-state index contributed by atoms with van der Waals surface area (Å²) in [6.45, 7) is 7.26. The van der Waals surface area contributed by atoms with Crippen LogP contribution in [0.25, 0.3) is 0 Å². The van der Waals surface area contributed by atoms with Gasteiger partial charge in [0.15, 0.2) is 5.96 Å². The van der Waals surface area contributed by atoms with Gasteiger partial charge in [-0.3, -0.25) is 9.20 Å². The predicted molar refractivity (Wildman–Crippen MR) is 133 cm³/mol. The molecule has 1 aliphatic rings. The first-order chi connectivity index (χ1) is 13.0. The van der Waals surface area contributed by atoms with Crippen molar-refractivity contribution in [3.05, 3.63) is 30.3 Å². The summed E-state index contributed by atoms with van der Waals surface area (Å²) < 4.78 is 12.2. The second kappa shape index (κ2) is 13.4. The van der Waals surface area contributed by atoms with Crippen molar-refractivity contribution in [2.75, 3.05) is 24.7 Å². The summed E-state index contributed by atoms with van der Waals surface area (Å²) in [6.07, 6.45) is 4.31. The summed E-state index contributed by atoms with van der Waals surface area (Å²) in [5.74, 6) is 2.08. The third kappa shape index (κ3) is 8.27. The number of rotatable bonds is 8. The van der Waals surface area contributed by atoms with Crippen LogP contribution in [0.1, 0.15) is 46.5 Å². The van der Waals surface area contributed by atoms with Crippen LogP contribution in [0.4, 0.5) is 5.69 Å². The van der Waals surface area contributed by atoms with Gasteiger partial charge in [0.25, 0.3) is 0 Å². The summed E-state index contributed by atoms with van der Waals surface area (Å²) in [5.41, 5.74) is 1.14. The molecule has 28 heavy (non-hydrogen) atoms. The SMILES string of the molecule is CCS(=O)C1CCCC(NC(=NC)NCC(Nc2ccccc2)C(C)C)C1.I. The standard InChI is InChI=1S/C21H36N4OS.HI/c1-5-27(26)19-13-9-12-18(14-19)25-21(22-4)23-15-20(16(2)3)24-17-10-7-6-8-11-17;/h6-8,10-11,16,18-20,24H,5,9,12-15H2,1-4H3,(H2,22,23,25);1H. The smallest absolute Gasteiger partial charge is 0.191 e. The van der Waals surface area contributed by atoms with Gasteiger partial charge in [-0.1, -0.05) is 45.4 Å². The molecular formula is C21H37IN4OS. The number of anilines is 1.